The van der Waals surface area contributed by atoms with E-state index in [2.05, 4.69) is 9.72 Å². The third-order valence-corrected chi connectivity index (χ3v) is 2.20. The van der Waals surface area contributed by atoms with Crippen LogP contribution in [0.5, 0.6) is 0 Å². The lowest BCUT2D eigenvalue weighted by molar-refractivity contribution is -0.159. The second kappa shape index (κ2) is 5.46. The number of hydrogen-bond donors (Lipinski definition) is 4. The molecule has 1 aromatic heterocycles. The zero-order valence-electron chi connectivity index (χ0n) is 9.33. The topological polar surface area (TPSA) is 132 Å². The van der Waals surface area contributed by atoms with Gasteiger partial charge in [0, 0.05) is 11.8 Å². The quantitative estimate of drug-likeness (QED) is 0.507. The monoisotopic (exact) mass is 241 g/mol. The molecule has 0 aliphatic rings. The molecule has 7 heteroatoms. The lowest BCUT2D eigenvalue weighted by atomic mass is 10.0. The van der Waals surface area contributed by atoms with E-state index in [0.29, 0.717) is 0 Å². The summed E-state index contributed by atoms with van der Waals surface area (Å²) >= 11 is 0. The Morgan fingerprint density at radius 1 is 1.47 bits per heavy atom. The fourth-order valence-corrected chi connectivity index (χ4v) is 1.27. The van der Waals surface area contributed by atoms with Crippen LogP contribution >= 0.6 is 0 Å². The van der Waals surface area contributed by atoms with E-state index in [1.54, 1.807) is 6.92 Å². The molecule has 0 saturated heterocycles. The number of ether oxygens (including phenoxy) is 1. The fraction of sp³-hybridized carbons (Fsp3) is 0.400. The number of nitrogen functional groups attached to an aromatic ring is 2. The molecule has 6 N–H and O–H groups in total. The number of pyridine rings is 1. The standard InChI is InChI=1S/C10H15N3O4/c1-2-17-10(16)9(15)8(14)5-3-13-4-6(11)7(5)12/h3-4,8-9,14-15H,2,11H2,1H3,(H2,12,13). The first-order valence-corrected chi connectivity index (χ1v) is 5.00. The summed E-state index contributed by atoms with van der Waals surface area (Å²) in [5, 5.41) is 19.3. The SMILES string of the molecule is CCOC(=O)C(O)C(O)c1cncc(N)c1N. The average Bonchev–Trinajstić information content (AvgIpc) is 2.31. The highest BCUT2D eigenvalue weighted by Crippen LogP contribution is 2.26. The van der Waals surface area contributed by atoms with Crippen LogP contribution in [0.3, 0.4) is 0 Å². The van der Waals surface area contributed by atoms with E-state index in [0.717, 1.165) is 0 Å². The molecule has 0 aliphatic carbocycles. The molecular formula is C10H15N3O4. The molecule has 2 unspecified atom stereocenters. The van der Waals surface area contributed by atoms with Gasteiger partial charge in [0.1, 0.15) is 6.10 Å². The van der Waals surface area contributed by atoms with E-state index < -0.39 is 18.2 Å². The van der Waals surface area contributed by atoms with Gasteiger partial charge in [0.05, 0.1) is 24.2 Å². The first kappa shape index (κ1) is 13.2. The Kier molecular flexibility index (Phi) is 4.24. The van der Waals surface area contributed by atoms with Gasteiger partial charge in [-0.15, -0.1) is 0 Å². The number of carbonyl (C=O) groups is 1. The highest BCUT2D eigenvalue weighted by Gasteiger charge is 2.28. The molecule has 0 spiro atoms. The molecule has 0 bridgehead atoms. The average molecular weight is 241 g/mol. The van der Waals surface area contributed by atoms with Crippen molar-refractivity contribution in [3.8, 4) is 0 Å². The number of anilines is 2. The zero-order valence-corrected chi connectivity index (χ0v) is 9.33. The van der Waals surface area contributed by atoms with E-state index in [1.165, 1.54) is 12.4 Å². The zero-order chi connectivity index (χ0) is 13.0. The normalized spacial score (nSPS) is 14.1. The fourth-order valence-electron chi connectivity index (χ4n) is 1.27. The van der Waals surface area contributed by atoms with E-state index in [-0.39, 0.29) is 23.5 Å². The molecule has 0 saturated carbocycles. The first-order chi connectivity index (χ1) is 7.99. The summed E-state index contributed by atoms with van der Waals surface area (Å²) in [6.45, 7) is 1.70. The molecule has 1 rings (SSSR count). The first-order valence-electron chi connectivity index (χ1n) is 5.00. The van der Waals surface area contributed by atoms with Crippen molar-refractivity contribution in [2.75, 3.05) is 18.1 Å². The maximum absolute atomic E-state index is 11.2. The molecular weight excluding hydrogens is 226 g/mol. The van der Waals surface area contributed by atoms with Crippen molar-refractivity contribution >= 4 is 17.3 Å². The van der Waals surface area contributed by atoms with Gasteiger partial charge in [-0.25, -0.2) is 4.79 Å². The minimum absolute atomic E-state index is 0.0795. The number of nitrogens with two attached hydrogens (primary N) is 2. The second-order valence-electron chi connectivity index (χ2n) is 3.37. The Bertz CT molecular complexity index is 411. The third kappa shape index (κ3) is 2.83. The number of nitrogens with zero attached hydrogens (tertiary/aromatic N) is 1. The van der Waals surface area contributed by atoms with Gasteiger partial charge in [-0.2, -0.15) is 0 Å². The summed E-state index contributed by atoms with van der Waals surface area (Å²) < 4.78 is 4.57. The van der Waals surface area contributed by atoms with Crippen LogP contribution in [0.1, 0.15) is 18.6 Å². The summed E-state index contributed by atoms with van der Waals surface area (Å²) in [5.41, 5.74) is 11.4. The number of esters is 1. The largest absolute Gasteiger partial charge is 0.464 e. The Balaban J connectivity index is 2.92. The van der Waals surface area contributed by atoms with Crippen molar-refractivity contribution in [3.63, 3.8) is 0 Å². The summed E-state index contributed by atoms with van der Waals surface area (Å²) in [4.78, 5) is 15.0. The lowest BCUT2D eigenvalue weighted by Gasteiger charge is -2.18. The van der Waals surface area contributed by atoms with Gasteiger partial charge in [0.2, 0.25) is 0 Å². The van der Waals surface area contributed by atoms with Gasteiger partial charge in [-0.1, -0.05) is 0 Å². The molecule has 1 aromatic rings. The minimum Gasteiger partial charge on any atom is -0.464 e. The summed E-state index contributed by atoms with van der Waals surface area (Å²) in [5.74, 6) is -0.929. The van der Waals surface area contributed by atoms with E-state index >= 15 is 0 Å². The molecule has 2 atom stereocenters. The molecule has 7 nitrogen and oxygen atoms in total. The van der Waals surface area contributed by atoms with E-state index in [4.69, 9.17) is 11.5 Å². The van der Waals surface area contributed by atoms with Crippen molar-refractivity contribution in [1.82, 2.24) is 4.98 Å². The molecule has 94 valence electrons. The van der Waals surface area contributed by atoms with E-state index in [9.17, 15) is 15.0 Å². The summed E-state index contributed by atoms with van der Waals surface area (Å²) in [7, 11) is 0. The van der Waals surface area contributed by atoms with Gasteiger partial charge in [0.25, 0.3) is 0 Å². The number of carbonyl (C=O) groups excluding carboxylic acids is 1. The van der Waals surface area contributed by atoms with E-state index in [1.807, 2.05) is 0 Å². The van der Waals surface area contributed by atoms with Crippen molar-refractivity contribution in [1.29, 1.82) is 0 Å². The number of aliphatic hydroxyl groups excluding tert-OH is 2. The van der Waals surface area contributed by atoms with Crippen LogP contribution in [-0.4, -0.2) is 33.9 Å². The maximum atomic E-state index is 11.2. The molecule has 17 heavy (non-hydrogen) atoms. The van der Waals surface area contributed by atoms with Gasteiger partial charge < -0.3 is 26.4 Å². The number of aromatic nitrogens is 1. The number of hydrogen-bond acceptors (Lipinski definition) is 7. The van der Waals surface area contributed by atoms with Crippen LogP contribution in [0.4, 0.5) is 11.4 Å². The Morgan fingerprint density at radius 3 is 2.71 bits per heavy atom. The highest BCUT2D eigenvalue weighted by atomic mass is 16.5. The number of rotatable bonds is 4. The van der Waals surface area contributed by atoms with Crippen molar-refractivity contribution in [2.24, 2.45) is 0 Å². The highest BCUT2D eigenvalue weighted by molar-refractivity contribution is 5.76. The predicted octanol–water partition coefficient (Wildman–Crippen LogP) is -0.797. The van der Waals surface area contributed by atoms with Crippen LogP contribution in [0.15, 0.2) is 12.4 Å². The van der Waals surface area contributed by atoms with Gasteiger partial charge in [-0.3, -0.25) is 4.98 Å². The lowest BCUT2D eigenvalue weighted by Crippen LogP contribution is -2.30. The Labute approximate surface area is 98.0 Å². The van der Waals surface area contributed by atoms with Gasteiger partial charge in [-0.05, 0) is 6.92 Å². The minimum atomic E-state index is -1.72. The van der Waals surface area contributed by atoms with Gasteiger partial charge >= 0.3 is 5.97 Å². The Hall–Kier alpha value is -1.86. The van der Waals surface area contributed by atoms with Crippen LogP contribution in [0, 0.1) is 0 Å². The van der Waals surface area contributed by atoms with Crippen LogP contribution in [0.2, 0.25) is 0 Å². The van der Waals surface area contributed by atoms with Crippen LogP contribution < -0.4 is 11.5 Å². The second-order valence-corrected chi connectivity index (χ2v) is 3.37. The van der Waals surface area contributed by atoms with Crippen LogP contribution in [-0.2, 0) is 9.53 Å². The number of aliphatic hydroxyl groups is 2. The summed E-state index contributed by atoms with van der Waals surface area (Å²) in [6, 6.07) is 0. The molecule has 0 aliphatic heterocycles. The molecule has 1 heterocycles. The molecule has 0 amide bonds. The molecule has 0 radical (unpaired) electrons. The van der Waals surface area contributed by atoms with Crippen molar-refractivity contribution < 1.29 is 19.7 Å². The predicted molar refractivity (Wildman–Crippen MR) is 60.7 cm³/mol. The van der Waals surface area contributed by atoms with Gasteiger partial charge in [0.15, 0.2) is 6.10 Å². The third-order valence-electron chi connectivity index (χ3n) is 2.20. The maximum Gasteiger partial charge on any atom is 0.338 e. The van der Waals surface area contributed by atoms with Crippen LogP contribution in [0.25, 0.3) is 0 Å². The molecule has 0 aromatic carbocycles. The molecule has 0 fully saturated rings. The smallest absolute Gasteiger partial charge is 0.338 e. The Morgan fingerprint density at radius 2 is 2.12 bits per heavy atom. The van der Waals surface area contributed by atoms with Crippen molar-refractivity contribution in [2.45, 2.75) is 19.1 Å². The summed E-state index contributed by atoms with van der Waals surface area (Å²) in [6.07, 6.45) is -0.702. The van der Waals surface area contributed by atoms with Crippen molar-refractivity contribution in [3.05, 3.63) is 18.0 Å².